The van der Waals surface area contributed by atoms with Crippen LogP contribution in [-0.4, -0.2) is 22.0 Å². The Morgan fingerprint density at radius 2 is 2.05 bits per heavy atom. The van der Waals surface area contributed by atoms with Crippen molar-refractivity contribution in [1.82, 2.24) is 9.78 Å². The molecule has 0 bridgehead atoms. The number of benzene rings is 1. The zero-order valence-electron chi connectivity index (χ0n) is 11.8. The highest BCUT2D eigenvalue weighted by Gasteiger charge is 2.20. The van der Waals surface area contributed by atoms with Crippen molar-refractivity contribution in [2.45, 2.75) is 33.4 Å². The van der Waals surface area contributed by atoms with E-state index in [-0.39, 0.29) is 0 Å². The predicted octanol–water partition coefficient (Wildman–Crippen LogP) is 2.61. The first-order valence-electron chi connectivity index (χ1n) is 6.43. The molecule has 0 radical (unpaired) electrons. The highest BCUT2D eigenvalue weighted by Crippen LogP contribution is 2.31. The lowest BCUT2D eigenvalue weighted by molar-refractivity contribution is 0.203. The highest BCUT2D eigenvalue weighted by molar-refractivity contribution is 5.41. The fourth-order valence-electron chi connectivity index (χ4n) is 2.27. The van der Waals surface area contributed by atoms with Crippen LogP contribution in [0.1, 0.15) is 35.5 Å². The van der Waals surface area contributed by atoms with Crippen molar-refractivity contribution in [1.29, 1.82) is 0 Å². The van der Waals surface area contributed by atoms with Crippen molar-refractivity contribution in [2.75, 3.05) is 7.11 Å². The molecule has 1 aromatic carbocycles. The Kier molecular flexibility index (Phi) is 3.90. The first-order chi connectivity index (χ1) is 9.06. The van der Waals surface area contributed by atoms with Gasteiger partial charge in [-0.3, -0.25) is 4.68 Å². The Morgan fingerprint density at radius 1 is 1.32 bits per heavy atom. The zero-order chi connectivity index (χ0) is 14.0. The third-order valence-electron chi connectivity index (χ3n) is 3.19. The summed E-state index contributed by atoms with van der Waals surface area (Å²) < 4.78 is 7.15. The average molecular weight is 260 g/mol. The molecule has 0 fully saturated rings. The third-order valence-corrected chi connectivity index (χ3v) is 3.19. The van der Waals surface area contributed by atoms with E-state index in [1.807, 2.05) is 49.7 Å². The van der Waals surface area contributed by atoms with Gasteiger partial charge in [-0.2, -0.15) is 5.10 Å². The number of hydrogen-bond acceptors (Lipinski definition) is 3. The minimum absolute atomic E-state index is 0.694. The SMILES string of the molecule is CCn1nc(C)cc1C(O)c1cc(C)ccc1OC. The van der Waals surface area contributed by atoms with Crippen LogP contribution in [0.25, 0.3) is 0 Å². The Bertz CT molecular complexity index is 576. The van der Waals surface area contributed by atoms with Gasteiger partial charge < -0.3 is 9.84 Å². The lowest BCUT2D eigenvalue weighted by Gasteiger charge is -2.16. The van der Waals surface area contributed by atoms with Gasteiger partial charge >= 0.3 is 0 Å². The standard InChI is InChI=1S/C15H20N2O2/c1-5-17-13(9-11(3)16-17)15(18)12-8-10(2)6-7-14(12)19-4/h6-9,15,18H,5H2,1-4H3. The Morgan fingerprint density at radius 3 is 2.68 bits per heavy atom. The number of aliphatic hydroxyl groups excluding tert-OH is 1. The van der Waals surface area contributed by atoms with Crippen LogP contribution in [0.5, 0.6) is 5.75 Å². The molecule has 1 heterocycles. The summed E-state index contributed by atoms with van der Waals surface area (Å²) in [5.41, 5.74) is 3.57. The second-order valence-corrected chi connectivity index (χ2v) is 4.67. The van der Waals surface area contributed by atoms with E-state index in [2.05, 4.69) is 5.10 Å². The average Bonchev–Trinajstić information content (AvgIpc) is 2.79. The molecule has 1 atom stereocenters. The van der Waals surface area contributed by atoms with Crippen LogP contribution in [0.4, 0.5) is 0 Å². The molecule has 1 unspecified atom stereocenters. The third kappa shape index (κ3) is 2.63. The molecule has 0 amide bonds. The maximum atomic E-state index is 10.6. The first-order valence-corrected chi connectivity index (χ1v) is 6.43. The largest absolute Gasteiger partial charge is 0.496 e. The summed E-state index contributed by atoms with van der Waals surface area (Å²) in [4.78, 5) is 0. The summed E-state index contributed by atoms with van der Waals surface area (Å²) in [6.45, 7) is 6.67. The second-order valence-electron chi connectivity index (χ2n) is 4.67. The van der Waals surface area contributed by atoms with Gasteiger partial charge in [0.05, 0.1) is 18.5 Å². The van der Waals surface area contributed by atoms with E-state index in [0.717, 1.165) is 29.1 Å². The minimum Gasteiger partial charge on any atom is -0.496 e. The number of nitrogens with zero attached hydrogens (tertiary/aromatic N) is 2. The predicted molar refractivity (Wildman–Crippen MR) is 74.4 cm³/mol. The Hall–Kier alpha value is -1.81. The van der Waals surface area contributed by atoms with Crippen molar-refractivity contribution < 1.29 is 9.84 Å². The molecule has 102 valence electrons. The molecule has 0 spiro atoms. The van der Waals surface area contributed by atoms with Gasteiger partial charge in [0.1, 0.15) is 11.9 Å². The Labute approximate surface area is 113 Å². The van der Waals surface area contributed by atoms with Crippen molar-refractivity contribution in [3.63, 3.8) is 0 Å². The number of aryl methyl sites for hydroxylation is 3. The lowest BCUT2D eigenvalue weighted by Crippen LogP contribution is -2.10. The van der Waals surface area contributed by atoms with Gasteiger partial charge in [-0.25, -0.2) is 0 Å². The van der Waals surface area contributed by atoms with E-state index in [4.69, 9.17) is 4.74 Å². The monoisotopic (exact) mass is 260 g/mol. The van der Waals surface area contributed by atoms with Gasteiger partial charge in [0.2, 0.25) is 0 Å². The molecular weight excluding hydrogens is 240 g/mol. The van der Waals surface area contributed by atoms with Crippen LogP contribution in [0.3, 0.4) is 0 Å². The molecular formula is C15H20N2O2. The number of methoxy groups -OCH3 is 1. The van der Waals surface area contributed by atoms with Gasteiger partial charge in [-0.05, 0) is 39.0 Å². The Balaban J connectivity index is 2.48. The number of ether oxygens (including phenoxy) is 1. The molecule has 2 aromatic rings. The summed E-state index contributed by atoms with van der Waals surface area (Å²) in [5.74, 6) is 0.694. The van der Waals surface area contributed by atoms with Crippen LogP contribution in [-0.2, 0) is 6.54 Å². The maximum Gasteiger partial charge on any atom is 0.125 e. The summed E-state index contributed by atoms with van der Waals surface area (Å²) >= 11 is 0. The van der Waals surface area contributed by atoms with E-state index in [1.165, 1.54) is 0 Å². The summed E-state index contributed by atoms with van der Waals surface area (Å²) in [6, 6.07) is 7.71. The van der Waals surface area contributed by atoms with Gasteiger partial charge in [0.25, 0.3) is 0 Å². The van der Waals surface area contributed by atoms with Gasteiger partial charge in [-0.15, -0.1) is 0 Å². The van der Waals surface area contributed by atoms with Crippen LogP contribution in [0.15, 0.2) is 24.3 Å². The molecule has 2 rings (SSSR count). The van der Waals surface area contributed by atoms with E-state index >= 15 is 0 Å². The molecule has 4 nitrogen and oxygen atoms in total. The number of aromatic nitrogens is 2. The van der Waals surface area contributed by atoms with E-state index in [1.54, 1.807) is 7.11 Å². The van der Waals surface area contributed by atoms with Crippen LogP contribution in [0, 0.1) is 13.8 Å². The van der Waals surface area contributed by atoms with E-state index < -0.39 is 6.10 Å². The van der Waals surface area contributed by atoms with Gasteiger partial charge in [0, 0.05) is 12.1 Å². The smallest absolute Gasteiger partial charge is 0.125 e. The topological polar surface area (TPSA) is 47.3 Å². The van der Waals surface area contributed by atoms with Crippen LogP contribution >= 0.6 is 0 Å². The molecule has 0 aliphatic carbocycles. The highest BCUT2D eigenvalue weighted by atomic mass is 16.5. The molecule has 0 saturated carbocycles. The molecule has 0 aliphatic heterocycles. The van der Waals surface area contributed by atoms with Crippen LogP contribution < -0.4 is 4.74 Å². The fourth-order valence-corrected chi connectivity index (χ4v) is 2.27. The number of hydrogen-bond donors (Lipinski definition) is 1. The number of rotatable bonds is 4. The molecule has 0 saturated heterocycles. The second kappa shape index (κ2) is 5.45. The van der Waals surface area contributed by atoms with Crippen molar-refractivity contribution >= 4 is 0 Å². The van der Waals surface area contributed by atoms with Crippen molar-refractivity contribution in [2.24, 2.45) is 0 Å². The molecule has 19 heavy (non-hydrogen) atoms. The lowest BCUT2D eigenvalue weighted by atomic mass is 10.0. The first kappa shape index (κ1) is 13.6. The summed E-state index contributed by atoms with van der Waals surface area (Å²) in [5, 5.41) is 15.0. The van der Waals surface area contributed by atoms with E-state index in [9.17, 15) is 5.11 Å². The summed E-state index contributed by atoms with van der Waals surface area (Å²) in [6.07, 6.45) is -0.726. The number of aliphatic hydroxyl groups is 1. The van der Waals surface area contributed by atoms with Gasteiger partial charge in [-0.1, -0.05) is 11.6 Å². The minimum atomic E-state index is -0.726. The van der Waals surface area contributed by atoms with Crippen LogP contribution in [0.2, 0.25) is 0 Å². The molecule has 0 aliphatic rings. The normalized spacial score (nSPS) is 12.5. The van der Waals surface area contributed by atoms with E-state index in [0.29, 0.717) is 5.75 Å². The fraction of sp³-hybridized carbons (Fsp3) is 0.400. The van der Waals surface area contributed by atoms with Crippen molar-refractivity contribution in [3.05, 3.63) is 46.8 Å². The summed E-state index contributed by atoms with van der Waals surface area (Å²) in [7, 11) is 1.61. The molecule has 1 N–H and O–H groups in total. The maximum absolute atomic E-state index is 10.6. The zero-order valence-corrected chi connectivity index (χ0v) is 11.8. The van der Waals surface area contributed by atoms with Gasteiger partial charge in [0.15, 0.2) is 0 Å². The quantitative estimate of drug-likeness (QED) is 0.919. The molecule has 1 aromatic heterocycles. The molecule has 4 heteroatoms. The van der Waals surface area contributed by atoms with Crippen molar-refractivity contribution in [3.8, 4) is 5.75 Å².